The predicted octanol–water partition coefficient (Wildman–Crippen LogP) is 2.88. The number of morpholine rings is 1. The third-order valence-corrected chi connectivity index (χ3v) is 4.26. The highest BCUT2D eigenvalue weighted by molar-refractivity contribution is 5.80. The summed E-state index contributed by atoms with van der Waals surface area (Å²) in [5.74, 6) is 0.593. The molecule has 114 valence electrons. The van der Waals surface area contributed by atoms with Gasteiger partial charge >= 0.3 is 0 Å². The van der Waals surface area contributed by atoms with Crippen LogP contribution in [0.25, 0.3) is 11.0 Å². The van der Waals surface area contributed by atoms with Crippen molar-refractivity contribution in [3.8, 4) is 0 Å². The summed E-state index contributed by atoms with van der Waals surface area (Å²) in [5, 5.41) is 11.6. The Kier molecular flexibility index (Phi) is 4.02. The first-order valence-corrected chi connectivity index (χ1v) is 7.59. The average molecular weight is 289 g/mol. The molecule has 1 aliphatic rings. The van der Waals surface area contributed by atoms with E-state index < -0.39 is 6.10 Å². The van der Waals surface area contributed by atoms with E-state index in [4.69, 9.17) is 9.15 Å². The van der Waals surface area contributed by atoms with Gasteiger partial charge in [-0.2, -0.15) is 0 Å². The van der Waals surface area contributed by atoms with Crippen LogP contribution in [-0.4, -0.2) is 41.8 Å². The standard InChI is InChI=1S/C17H23NO3/c1-11(2)18-7-8-20-15(10-18)16(19)14-9-13-6-4-5-12(3)17(13)21-14/h4-6,9,11,15-16,19H,7-8,10H2,1-3H3. The molecule has 3 rings (SSSR count). The van der Waals surface area contributed by atoms with Gasteiger partial charge in [-0.05, 0) is 32.4 Å². The summed E-state index contributed by atoms with van der Waals surface area (Å²) in [6.07, 6.45) is -0.958. The van der Waals surface area contributed by atoms with E-state index in [9.17, 15) is 5.11 Å². The number of ether oxygens (including phenoxy) is 1. The number of aliphatic hydroxyl groups excluding tert-OH is 1. The number of aliphatic hydroxyl groups is 1. The summed E-state index contributed by atoms with van der Waals surface area (Å²) in [7, 11) is 0. The molecule has 1 aromatic carbocycles. The summed E-state index contributed by atoms with van der Waals surface area (Å²) >= 11 is 0. The highest BCUT2D eigenvalue weighted by atomic mass is 16.5. The second kappa shape index (κ2) is 5.79. The molecule has 2 atom stereocenters. The van der Waals surface area contributed by atoms with Crippen LogP contribution < -0.4 is 0 Å². The van der Waals surface area contributed by atoms with E-state index in [-0.39, 0.29) is 6.10 Å². The molecule has 1 saturated heterocycles. The van der Waals surface area contributed by atoms with Gasteiger partial charge in [0.05, 0.1) is 6.61 Å². The van der Waals surface area contributed by atoms with Gasteiger partial charge in [-0.3, -0.25) is 4.90 Å². The molecule has 1 fully saturated rings. The first kappa shape index (κ1) is 14.6. The Bertz CT molecular complexity index is 620. The molecule has 2 unspecified atom stereocenters. The molecule has 0 radical (unpaired) electrons. The van der Waals surface area contributed by atoms with Crippen molar-refractivity contribution in [3.63, 3.8) is 0 Å². The fraction of sp³-hybridized carbons (Fsp3) is 0.529. The van der Waals surface area contributed by atoms with Crippen molar-refractivity contribution in [2.45, 2.75) is 39.0 Å². The van der Waals surface area contributed by atoms with E-state index in [1.165, 1.54) is 0 Å². The fourth-order valence-corrected chi connectivity index (χ4v) is 2.91. The van der Waals surface area contributed by atoms with Crippen molar-refractivity contribution in [2.24, 2.45) is 0 Å². The quantitative estimate of drug-likeness (QED) is 0.943. The molecule has 0 spiro atoms. The molecular weight excluding hydrogens is 266 g/mol. The summed E-state index contributed by atoms with van der Waals surface area (Å²) in [6, 6.07) is 8.40. The third-order valence-electron chi connectivity index (χ3n) is 4.26. The number of furan rings is 1. The first-order chi connectivity index (χ1) is 10.1. The van der Waals surface area contributed by atoms with Crippen molar-refractivity contribution < 1.29 is 14.3 Å². The molecular formula is C17H23NO3. The van der Waals surface area contributed by atoms with Crippen LogP contribution in [0.4, 0.5) is 0 Å². The lowest BCUT2D eigenvalue weighted by molar-refractivity contribution is -0.101. The maximum Gasteiger partial charge on any atom is 0.139 e. The Hall–Kier alpha value is -1.36. The zero-order valence-electron chi connectivity index (χ0n) is 12.9. The molecule has 0 aliphatic carbocycles. The number of nitrogens with zero attached hydrogens (tertiary/aromatic N) is 1. The number of aryl methyl sites for hydroxylation is 1. The molecule has 0 saturated carbocycles. The minimum atomic E-state index is -0.724. The Morgan fingerprint density at radius 3 is 2.86 bits per heavy atom. The lowest BCUT2D eigenvalue weighted by Gasteiger charge is -2.36. The van der Waals surface area contributed by atoms with E-state index in [2.05, 4.69) is 18.7 Å². The van der Waals surface area contributed by atoms with Gasteiger partial charge in [-0.25, -0.2) is 0 Å². The van der Waals surface area contributed by atoms with Gasteiger partial charge in [-0.1, -0.05) is 18.2 Å². The zero-order chi connectivity index (χ0) is 15.0. The summed E-state index contributed by atoms with van der Waals surface area (Å²) in [4.78, 5) is 2.32. The minimum absolute atomic E-state index is 0.234. The molecule has 1 aromatic heterocycles. The normalized spacial score (nSPS) is 22.0. The molecule has 1 N–H and O–H groups in total. The largest absolute Gasteiger partial charge is 0.458 e. The Morgan fingerprint density at radius 2 is 2.14 bits per heavy atom. The molecule has 1 aliphatic heterocycles. The highest BCUT2D eigenvalue weighted by Crippen LogP contribution is 2.30. The van der Waals surface area contributed by atoms with Crippen LogP contribution in [0.15, 0.2) is 28.7 Å². The molecule has 2 heterocycles. The molecule has 0 amide bonds. The maximum absolute atomic E-state index is 10.6. The van der Waals surface area contributed by atoms with Crippen LogP contribution in [-0.2, 0) is 4.74 Å². The second-order valence-electron chi connectivity index (χ2n) is 6.08. The van der Waals surface area contributed by atoms with E-state index in [0.717, 1.165) is 29.6 Å². The second-order valence-corrected chi connectivity index (χ2v) is 6.08. The monoisotopic (exact) mass is 289 g/mol. The van der Waals surface area contributed by atoms with E-state index in [1.807, 2.05) is 31.2 Å². The fourth-order valence-electron chi connectivity index (χ4n) is 2.91. The first-order valence-electron chi connectivity index (χ1n) is 7.59. The molecule has 0 bridgehead atoms. The topological polar surface area (TPSA) is 45.8 Å². The number of rotatable bonds is 3. The Balaban J connectivity index is 1.83. The highest BCUT2D eigenvalue weighted by Gasteiger charge is 2.31. The molecule has 2 aromatic rings. The Labute approximate surface area is 125 Å². The van der Waals surface area contributed by atoms with Gasteiger partial charge in [0.2, 0.25) is 0 Å². The molecule has 21 heavy (non-hydrogen) atoms. The van der Waals surface area contributed by atoms with Gasteiger partial charge < -0.3 is 14.3 Å². The van der Waals surface area contributed by atoms with Gasteiger partial charge in [0, 0.05) is 24.5 Å². The molecule has 4 nitrogen and oxygen atoms in total. The van der Waals surface area contributed by atoms with Crippen molar-refractivity contribution in [2.75, 3.05) is 19.7 Å². The minimum Gasteiger partial charge on any atom is -0.458 e. The predicted molar refractivity (Wildman–Crippen MR) is 82.4 cm³/mol. The van der Waals surface area contributed by atoms with Crippen LogP contribution in [0, 0.1) is 6.92 Å². The SMILES string of the molecule is Cc1cccc2cc(C(O)C3CN(C(C)C)CCO3)oc12. The molecule has 4 heteroatoms. The number of para-hydroxylation sites is 1. The van der Waals surface area contributed by atoms with Gasteiger partial charge in [0.25, 0.3) is 0 Å². The van der Waals surface area contributed by atoms with E-state index in [1.54, 1.807) is 0 Å². The summed E-state index contributed by atoms with van der Waals surface area (Å²) in [5.41, 5.74) is 1.93. The maximum atomic E-state index is 10.6. The average Bonchev–Trinajstić information content (AvgIpc) is 2.92. The van der Waals surface area contributed by atoms with Crippen LogP contribution in [0.2, 0.25) is 0 Å². The number of fused-ring (bicyclic) bond motifs is 1. The van der Waals surface area contributed by atoms with Crippen molar-refractivity contribution >= 4 is 11.0 Å². The zero-order valence-corrected chi connectivity index (χ0v) is 12.9. The van der Waals surface area contributed by atoms with Gasteiger partial charge in [0.15, 0.2) is 0 Å². The van der Waals surface area contributed by atoms with Crippen LogP contribution in [0.5, 0.6) is 0 Å². The van der Waals surface area contributed by atoms with Gasteiger partial charge in [0.1, 0.15) is 23.6 Å². The smallest absolute Gasteiger partial charge is 0.139 e. The van der Waals surface area contributed by atoms with Crippen LogP contribution in [0.3, 0.4) is 0 Å². The van der Waals surface area contributed by atoms with Crippen molar-refractivity contribution in [1.29, 1.82) is 0 Å². The summed E-state index contributed by atoms with van der Waals surface area (Å²) in [6.45, 7) is 8.65. The summed E-state index contributed by atoms with van der Waals surface area (Å²) < 4.78 is 11.6. The third kappa shape index (κ3) is 2.84. The van der Waals surface area contributed by atoms with Crippen molar-refractivity contribution in [1.82, 2.24) is 4.90 Å². The van der Waals surface area contributed by atoms with E-state index in [0.29, 0.717) is 18.4 Å². The van der Waals surface area contributed by atoms with E-state index >= 15 is 0 Å². The van der Waals surface area contributed by atoms with Crippen LogP contribution >= 0.6 is 0 Å². The number of benzene rings is 1. The van der Waals surface area contributed by atoms with Crippen molar-refractivity contribution in [3.05, 3.63) is 35.6 Å². The van der Waals surface area contributed by atoms with Crippen LogP contribution in [0.1, 0.15) is 31.3 Å². The van der Waals surface area contributed by atoms with Gasteiger partial charge in [-0.15, -0.1) is 0 Å². The Morgan fingerprint density at radius 1 is 1.33 bits per heavy atom. The number of hydrogen-bond donors (Lipinski definition) is 1. The lowest BCUT2D eigenvalue weighted by atomic mass is 10.1. The lowest BCUT2D eigenvalue weighted by Crippen LogP contribution is -2.47. The number of hydrogen-bond acceptors (Lipinski definition) is 4.